The highest BCUT2D eigenvalue weighted by molar-refractivity contribution is 7.95. The van der Waals surface area contributed by atoms with E-state index < -0.39 is 30.5 Å². The zero-order chi connectivity index (χ0) is 13.9. The lowest BCUT2D eigenvalue weighted by atomic mass is 10.3. The molecule has 0 radical (unpaired) electrons. The Morgan fingerprint density at radius 3 is 1.88 bits per heavy atom. The van der Waals surface area contributed by atoms with Crippen molar-refractivity contribution in [3.05, 3.63) is 0 Å². The molecule has 0 aliphatic carbocycles. The normalized spacial score (nSPS) is 15.8. The molecule has 5 nitrogen and oxygen atoms in total. The maximum atomic E-state index is 11.8. The minimum Gasteiger partial charge on any atom is -0.327 e. The van der Waals surface area contributed by atoms with Crippen molar-refractivity contribution in [1.82, 2.24) is 0 Å². The Bertz CT molecular complexity index is 431. The summed E-state index contributed by atoms with van der Waals surface area (Å²) in [5, 5.41) is 0. The predicted molar refractivity (Wildman–Crippen MR) is 70.5 cm³/mol. The van der Waals surface area contributed by atoms with Gasteiger partial charge < -0.3 is 5.73 Å². The Morgan fingerprint density at radius 1 is 1.06 bits per heavy atom. The standard InChI is InChI=1S/C10H23NO4S2/c1-5-9(11)8-16(12,13)6-7-17(14,15)10(2,3)4/h9H,5-8,11H2,1-4H3. The SMILES string of the molecule is CCC(N)CS(=O)(=O)CCS(=O)(=O)C(C)(C)C. The molecule has 17 heavy (non-hydrogen) atoms. The fourth-order valence-corrected chi connectivity index (χ4v) is 4.63. The summed E-state index contributed by atoms with van der Waals surface area (Å²) in [6, 6.07) is -0.419. The lowest BCUT2D eigenvalue weighted by Gasteiger charge is -2.19. The second-order valence-electron chi connectivity index (χ2n) is 5.21. The van der Waals surface area contributed by atoms with Crippen LogP contribution < -0.4 is 5.73 Å². The Kier molecular flexibility index (Phi) is 5.62. The van der Waals surface area contributed by atoms with Gasteiger partial charge in [0.2, 0.25) is 0 Å². The first kappa shape index (κ1) is 16.9. The monoisotopic (exact) mass is 285 g/mol. The molecule has 0 rings (SSSR count). The quantitative estimate of drug-likeness (QED) is 0.760. The smallest absolute Gasteiger partial charge is 0.156 e. The fourth-order valence-electron chi connectivity index (χ4n) is 1.07. The molecule has 0 saturated carbocycles. The molecule has 0 aliphatic rings. The van der Waals surface area contributed by atoms with Gasteiger partial charge in [-0.05, 0) is 27.2 Å². The van der Waals surface area contributed by atoms with E-state index in [9.17, 15) is 16.8 Å². The van der Waals surface area contributed by atoms with Gasteiger partial charge in [0.05, 0.1) is 22.0 Å². The molecule has 0 aromatic carbocycles. The molecule has 0 amide bonds. The van der Waals surface area contributed by atoms with Crippen molar-refractivity contribution in [3.8, 4) is 0 Å². The first-order valence-corrected chi connectivity index (χ1v) is 9.07. The maximum Gasteiger partial charge on any atom is 0.156 e. The van der Waals surface area contributed by atoms with Crippen LogP contribution in [0.5, 0.6) is 0 Å². The van der Waals surface area contributed by atoms with Gasteiger partial charge in [-0.3, -0.25) is 0 Å². The summed E-state index contributed by atoms with van der Waals surface area (Å²) in [7, 11) is -6.78. The third kappa shape index (κ3) is 5.83. The van der Waals surface area contributed by atoms with Crippen LogP contribution in [0.4, 0.5) is 0 Å². The Morgan fingerprint density at radius 2 is 1.53 bits per heavy atom. The number of hydrogen-bond acceptors (Lipinski definition) is 5. The minimum atomic E-state index is -3.39. The molecule has 0 fully saturated rings. The molecule has 2 N–H and O–H groups in total. The highest BCUT2D eigenvalue weighted by atomic mass is 32.2. The molecule has 1 unspecified atom stereocenters. The van der Waals surface area contributed by atoms with Crippen LogP contribution in [0, 0.1) is 0 Å². The van der Waals surface area contributed by atoms with Crippen molar-refractivity contribution in [1.29, 1.82) is 0 Å². The van der Waals surface area contributed by atoms with Gasteiger partial charge in [-0.15, -0.1) is 0 Å². The lowest BCUT2D eigenvalue weighted by Crippen LogP contribution is -2.36. The molecule has 0 bridgehead atoms. The highest BCUT2D eigenvalue weighted by Gasteiger charge is 2.30. The number of rotatable bonds is 6. The van der Waals surface area contributed by atoms with E-state index in [0.717, 1.165) is 0 Å². The molecule has 0 saturated heterocycles. The third-order valence-electron chi connectivity index (χ3n) is 2.59. The van der Waals surface area contributed by atoms with Crippen molar-refractivity contribution in [2.75, 3.05) is 17.3 Å². The molecule has 0 aromatic heterocycles. The van der Waals surface area contributed by atoms with E-state index in [1.54, 1.807) is 27.7 Å². The number of sulfone groups is 2. The summed E-state index contributed by atoms with van der Waals surface area (Å²) in [6.07, 6.45) is 0.561. The van der Waals surface area contributed by atoms with Crippen LogP contribution in [0.25, 0.3) is 0 Å². The molecule has 104 valence electrons. The van der Waals surface area contributed by atoms with Crippen molar-refractivity contribution in [2.24, 2.45) is 5.73 Å². The summed E-state index contributed by atoms with van der Waals surface area (Å²) < 4.78 is 45.9. The molecule has 0 aliphatic heterocycles. The summed E-state index contributed by atoms with van der Waals surface area (Å²) in [5.74, 6) is -0.835. The van der Waals surface area contributed by atoms with E-state index in [2.05, 4.69) is 0 Å². The van der Waals surface area contributed by atoms with Gasteiger partial charge in [0.25, 0.3) is 0 Å². The van der Waals surface area contributed by atoms with Crippen LogP contribution in [-0.2, 0) is 19.7 Å². The second-order valence-corrected chi connectivity index (χ2v) is 10.3. The van der Waals surface area contributed by atoms with E-state index in [1.165, 1.54) is 0 Å². The van der Waals surface area contributed by atoms with Gasteiger partial charge in [-0.1, -0.05) is 6.92 Å². The minimum absolute atomic E-state index is 0.150. The van der Waals surface area contributed by atoms with Gasteiger partial charge in [0.1, 0.15) is 0 Å². The van der Waals surface area contributed by atoms with Crippen molar-refractivity contribution in [2.45, 2.75) is 44.9 Å². The Labute approximate surface area is 105 Å². The topological polar surface area (TPSA) is 94.3 Å². The molecule has 0 spiro atoms. The van der Waals surface area contributed by atoms with Crippen LogP contribution in [0.1, 0.15) is 34.1 Å². The Balaban J connectivity index is 4.60. The Hall–Kier alpha value is -0.140. The summed E-state index contributed by atoms with van der Waals surface area (Å²) in [5.41, 5.74) is 5.56. The molecule has 1 atom stereocenters. The average Bonchev–Trinajstić information content (AvgIpc) is 2.12. The summed E-state index contributed by atoms with van der Waals surface area (Å²) in [6.45, 7) is 6.48. The summed E-state index contributed by atoms with van der Waals surface area (Å²) in [4.78, 5) is 0. The maximum absolute atomic E-state index is 11.8. The predicted octanol–water partition coefficient (Wildman–Crippen LogP) is 0.352. The average molecular weight is 285 g/mol. The molecule has 0 aromatic rings. The number of nitrogens with two attached hydrogens (primary N) is 1. The van der Waals surface area contributed by atoms with Gasteiger partial charge in [0, 0.05) is 6.04 Å². The van der Waals surface area contributed by atoms with E-state index in [4.69, 9.17) is 5.73 Å². The van der Waals surface area contributed by atoms with E-state index >= 15 is 0 Å². The highest BCUT2D eigenvalue weighted by Crippen LogP contribution is 2.16. The van der Waals surface area contributed by atoms with E-state index in [0.29, 0.717) is 6.42 Å². The van der Waals surface area contributed by atoms with E-state index in [-0.39, 0.29) is 17.3 Å². The van der Waals surface area contributed by atoms with Gasteiger partial charge in [-0.2, -0.15) is 0 Å². The molecular formula is C10H23NO4S2. The second kappa shape index (κ2) is 5.67. The zero-order valence-corrected chi connectivity index (χ0v) is 12.6. The largest absolute Gasteiger partial charge is 0.327 e. The lowest BCUT2D eigenvalue weighted by molar-refractivity contribution is 0.558. The molecule has 0 heterocycles. The first-order valence-electron chi connectivity index (χ1n) is 5.59. The summed E-state index contributed by atoms with van der Waals surface area (Å²) >= 11 is 0. The van der Waals surface area contributed by atoms with Gasteiger partial charge >= 0.3 is 0 Å². The van der Waals surface area contributed by atoms with Crippen LogP contribution in [0.2, 0.25) is 0 Å². The van der Waals surface area contributed by atoms with Crippen molar-refractivity contribution < 1.29 is 16.8 Å². The van der Waals surface area contributed by atoms with Crippen molar-refractivity contribution >= 4 is 19.7 Å². The van der Waals surface area contributed by atoms with E-state index in [1.807, 2.05) is 0 Å². The van der Waals surface area contributed by atoms with Crippen LogP contribution in [-0.4, -0.2) is 44.9 Å². The first-order chi connectivity index (χ1) is 7.41. The van der Waals surface area contributed by atoms with Crippen LogP contribution >= 0.6 is 0 Å². The number of hydrogen-bond donors (Lipinski definition) is 1. The molecular weight excluding hydrogens is 262 g/mol. The fraction of sp³-hybridized carbons (Fsp3) is 1.00. The van der Waals surface area contributed by atoms with Gasteiger partial charge in [-0.25, -0.2) is 16.8 Å². The molecule has 7 heteroatoms. The van der Waals surface area contributed by atoms with Crippen LogP contribution in [0.15, 0.2) is 0 Å². The van der Waals surface area contributed by atoms with Crippen molar-refractivity contribution in [3.63, 3.8) is 0 Å². The van der Waals surface area contributed by atoms with Crippen LogP contribution in [0.3, 0.4) is 0 Å². The van der Waals surface area contributed by atoms with Gasteiger partial charge in [0.15, 0.2) is 19.7 Å². The zero-order valence-electron chi connectivity index (χ0n) is 10.9. The third-order valence-corrected chi connectivity index (χ3v) is 7.22.